The highest BCUT2D eigenvalue weighted by Crippen LogP contribution is 2.87. The number of morpholine rings is 1. The third-order valence-corrected chi connectivity index (χ3v) is 16.3. The normalized spacial score (nSPS) is 49.7. The molecule has 8 heteroatoms. The maximum Gasteiger partial charge on any atom is 0.309 e. The first-order chi connectivity index (χ1) is 22.4. The van der Waals surface area contributed by atoms with Gasteiger partial charge in [0.05, 0.1) is 62.2 Å². The van der Waals surface area contributed by atoms with Crippen LogP contribution in [0.25, 0.3) is 0 Å². The zero-order valence-electron chi connectivity index (χ0n) is 29.7. The molecule has 6 saturated carbocycles. The van der Waals surface area contributed by atoms with E-state index in [0.717, 1.165) is 77.4 Å². The highest BCUT2D eigenvalue weighted by atomic mass is 16.7. The van der Waals surface area contributed by atoms with Crippen LogP contribution in [0.3, 0.4) is 0 Å². The minimum absolute atomic E-state index is 0. The van der Waals surface area contributed by atoms with Gasteiger partial charge in [0.2, 0.25) is 0 Å². The fourth-order valence-electron chi connectivity index (χ4n) is 13.6. The van der Waals surface area contributed by atoms with Gasteiger partial charge >= 0.3 is 5.97 Å². The van der Waals surface area contributed by atoms with Crippen LogP contribution in [0.1, 0.15) is 113 Å². The molecule has 3 aliphatic heterocycles. The predicted octanol–water partition coefficient (Wildman–Crippen LogP) is 5.97. The predicted molar refractivity (Wildman–Crippen MR) is 177 cm³/mol. The van der Waals surface area contributed by atoms with Gasteiger partial charge < -0.3 is 28.8 Å². The molecule has 8 nitrogen and oxygen atoms in total. The quantitative estimate of drug-likeness (QED) is 0.335. The Morgan fingerprint density at radius 3 is 2.47 bits per heavy atom. The molecule has 9 aliphatic rings. The third-order valence-electron chi connectivity index (χ3n) is 16.3. The van der Waals surface area contributed by atoms with Crippen molar-refractivity contribution in [2.45, 2.75) is 154 Å². The summed E-state index contributed by atoms with van der Waals surface area (Å²) in [6.45, 7) is 15.5. The molecular formula is C39H63NO7. The summed E-state index contributed by atoms with van der Waals surface area (Å²) >= 11 is 0. The second kappa shape index (κ2) is 10.9. The number of nitrogens with zero attached hydrogens (tertiary/aromatic N) is 1. The second-order valence-electron chi connectivity index (χ2n) is 19.2. The Morgan fingerprint density at radius 1 is 0.957 bits per heavy atom. The maximum atomic E-state index is 12.7. The molecule has 0 aromatic rings. The summed E-state index contributed by atoms with van der Waals surface area (Å²) in [6.07, 6.45) is 13.7. The number of ether oxygens (including phenoxy) is 5. The largest absolute Gasteiger partial charge is 0.456 e. The van der Waals surface area contributed by atoms with E-state index in [4.69, 9.17) is 23.7 Å². The number of carbonyl (C=O) groups excluding carboxylic acids is 1. The number of fused-ring (bicyclic) bond motifs is 4. The number of esters is 1. The van der Waals surface area contributed by atoms with Crippen molar-refractivity contribution in [3.8, 4) is 0 Å². The topological polar surface area (TPSA) is 86.7 Å². The molecule has 2 spiro atoms. The van der Waals surface area contributed by atoms with Crippen LogP contribution < -0.4 is 0 Å². The van der Waals surface area contributed by atoms with Crippen LogP contribution in [0.5, 0.6) is 0 Å². The van der Waals surface area contributed by atoms with E-state index in [1.165, 1.54) is 38.5 Å². The van der Waals surface area contributed by atoms with Crippen molar-refractivity contribution >= 4 is 5.97 Å². The van der Waals surface area contributed by atoms with E-state index in [9.17, 15) is 9.90 Å². The van der Waals surface area contributed by atoms with Gasteiger partial charge in [-0.3, -0.25) is 9.69 Å². The number of hydrogen-bond acceptors (Lipinski definition) is 8. The molecular weight excluding hydrogens is 594 g/mol. The van der Waals surface area contributed by atoms with Crippen LogP contribution >= 0.6 is 0 Å². The fraction of sp³-hybridized carbons (Fsp3) is 0.974. The summed E-state index contributed by atoms with van der Waals surface area (Å²) in [5, 5.41) is 11.1. The highest BCUT2D eigenvalue weighted by molar-refractivity contribution is 5.75. The van der Waals surface area contributed by atoms with Gasteiger partial charge in [0.1, 0.15) is 0 Å². The molecule has 6 aliphatic carbocycles. The molecule has 0 aromatic carbocycles. The molecule has 10 unspecified atom stereocenters. The summed E-state index contributed by atoms with van der Waals surface area (Å²) in [7, 11) is 0. The Balaban J connectivity index is 0.00000336. The van der Waals surface area contributed by atoms with Gasteiger partial charge in [-0.2, -0.15) is 0 Å². The van der Waals surface area contributed by atoms with Crippen molar-refractivity contribution in [2.24, 2.45) is 51.2 Å². The summed E-state index contributed by atoms with van der Waals surface area (Å²) < 4.78 is 31.6. The van der Waals surface area contributed by atoms with E-state index < -0.39 is 11.7 Å². The molecule has 47 heavy (non-hydrogen) atoms. The molecule has 9 fully saturated rings. The summed E-state index contributed by atoms with van der Waals surface area (Å²) in [4.78, 5) is 15.2. The summed E-state index contributed by atoms with van der Waals surface area (Å²) in [5.74, 6) is 2.65. The van der Waals surface area contributed by atoms with E-state index >= 15 is 0 Å². The minimum Gasteiger partial charge on any atom is -0.456 e. The van der Waals surface area contributed by atoms with Crippen LogP contribution in [0, 0.1) is 51.2 Å². The lowest BCUT2D eigenvalue weighted by Gasteiger charge is -2.60. The van der Waals surface area contributed by atoms with E-state index in [1.807, 2.05) is 0 Å². The monoisotopic (exact) mass is 657 g/mol. The first-order valence-corrected chi connectivity index (χ1v) is 19.5. The Hall–Kier alpha value is -0.770. The molecule has 0 radical (unpaired) electrons. The van der Waals surface area contributed by atoms with Gasteiger partial charge in [-0.25, -0.2) is 0 Å². The van der Waals surface area contributed by atoms with E-state index in [-0.39, 0.29) is 43.3 Å². The number of hydrogen-bond donors (Lipinski definition) is 1. The SMILES string of the molecule is CC12CCC34CC35CC[C@H](OC3CN(C6COC6)CCO3)C(C)(C)C5CCC4C1CC1OC([C@H](OC(=O)C3CC3)C(C)(C)O)CCC12.[HH]. The lowest BCUT2D eigenvalue weighted by Crippen LogP contribution is -2.58. The van der Waals surface area contributed by atoms with Gasteiger partial charge in [0, 0.05) is 7.97 Å². The van der Waals surface area contributed by atoms with Crippen molar-refractivity contribution in [2.75, 3.05) is 32.9 Å². The fourth-order valence-corrected chi connectivity index (χ4v) is 13.6. The molecule has 0 amide bonds. The standard InChI is InChI=1S/C39H61NO7.H2/c1-35(2)30-11-9-25-27-18-29-26(8-10-28(45-29)33(36(3,4)42)47-34(41)23-6-7-23)37(27,5)14-15-38(25)22-39(30,38)13-12-31(35)46-32-19-40(16-17-44-32)24-20-43-21-24;/h23-33,42H,6-22H2,1-5H3;1H/t25?,26?,27?,28?,29?,30?,31-,32?,33-,37?,38?,39?;/m0./s1. The van der Waals surface area contributed by atoms with Crippen LogP contribution in [0.2, 0.25) is 0 Å². The van der Waals surface area contributed by atoms with Gasteiger partial charge in [0.15, 0.2) is 12.4 Å². The molecule has 266 valence electrons. The van der Waals surface area contributed by atoms with Crippen LogP contribution in [-0.2, 0) is 28.5 Å². The molecule has 12 atom stereocenters. The molecule has 0 aromatic heterocycles. The Kier molecular flexibility index (Phi) is 7.44. The maximum absolute atomic E-state index is 12.7. The average Bonchev–Trinajstić information content (AvgIpc) is 3.91. The van der Waals surface area contributed by atoms with Crippen molar-refractivity contribution in [3.63, 3.8) is 0 Å². The number of aliphatic hydroxyl groups is 1. The first-order valence-electron chi connectivity index (χ1n) is 19.5. The molecule has 1 N–H and O–H groups in total. The van der Waals surface area contributed by atoms with Gasteiger partial charge in [0.25, 0.3) is 0 Å². The van der Waals surface area contributed by atoms with Gasteiger partial charge in [-0.15, -0.1) is 0 Å². The smallest absolute Gasteiger partial charge is 0.309 e. The van der Waals surface area contributed by atoms with Crippen molar-refractivity contribution in [1.29, 1.82) is 0 Å². The zero-order chi connectivity index (χ0) is 32.6. The average molecular weight is 658 g/mol. The lowest BCUT2D eigenvalue weighted by atomic mass is 9.46. The minimum atomic E-state index is -1.12. The Morgan fingerprint density at radius 2 is 1.74 bits per heavy atom. The molecule has 3 saturated heterocycles. The highest BCUT2D eigenvalue weighted by Gasteiger charge is 2.80. The summed E-state index contributed by atoms with van der Waals surface area (Å²) in [5.41, 5.74) is 0.311. The van der Waals surface area contributed by atoms with E-state index in [0.29, 0.717) is 40.0 Å². The van der Waals surface area contributed by atoms with Crippen LogP contribution in [0.15, 0.2) is 0 Å². The van der Waals surface area contributed by atoms with Crippen molar-refractivity contribution in [1.82, 2.24) is 4.90 Å². The lowest BCUT2D eigenvalue weighted by molar-refractivity contribution is -0.253. The number of rotatable bonds is 7. The summed E-state index contributed by atoms with van der Waals surface area (Å²) in [6, 6.07) is 0.537. The molecule has 3 heterocycles. The van der Waals surface area contributed by atoms with Crippen molar-refractivity contribution in [3.05, 3.63) is 0 Å². The van der Waals surface area contributed by atoms with Crippen LogP contribution in [0.4, 0.5) is 0 Å². The van der Waals surface area contributed by atoms with E-state index in [1.54, 1.807) is 13.8 Å². The Labute approximate surface area is 283 Å². The van der Waals surface area contributed by atoms with Crippen molar-refractivity contribution < 1.29 is 35.0 Å². The molecule has 0 bridgehead atoms. The number of carbonyl (C=O) groups is 1. The third kappa shape index (κ3) is 4.83. The van der Waals surface area contributed by atoms with Gasteiger partial charge in [-0.1, -0.05) is 20.8 Å². The second-order valence-corrected chi connectivity index (χ2v) is 19.2. The zero-order valence-corrected chi connectivity index (χ0v) is 29.7. The Bertz CT molecular complexity index is 1250. The molecule has 9 rings (SSSR count). The van der Waals surface area contributed by atoms with Crippen LogP contribution in [-0.4, -0.2) is 91.2 Å². The first kappa shape index (κ1) is 32.2. The van der Waals surface area contributed by atoms with E-state index in [2.05, 4.69) is 25.7 Å². The van der Waals surface area contributed by atoms with Gasteiger partial charge in [-0.05, 0) is 136 Å².